The van der Waals surface area contributed by atoms with Crippen LogP contribution in [0, 0.1) is 0 Å². The van der Waals surface area contributed by atoms with E-state index in [-0.39, 0.29) is 24.4 Å². The molecule has 0 unspecified atom stereocenters. The molecule has 1 aromatic rings. The smallest absolute Gasteiger partial charge is 0.368 e. The minimum Gasteiger partial charge on any atom is -0.368 e. The van der Waals surface area contributed by atoms with Crippen molar-refractivity contribution in [1.82, 2.24) is 14.7 Å². The molecule has 3 aliphatic heterocycles. The Morgan fingerprint density at radius 1 is 1.37 bits per heavy atom. The van der Waals surface area contributed by atoms with E-state index in [1.165, 1.54) is 0 Å². The first kappa shape index (κ1) is 18.6. The van der Waals surface area contributed by atoms with Gasteiger partial charge in [0.05, 0.1) is 11.7 Å². The van der Waals surface area contributed by atoms with Crippen molar-refractivity contribution in [3.05, 3.63) is 11.8 Å². The molecule has 1 N–H and O–H groups in total. The second-order valence-corrected chi connectivity index (χ2v) is 7.63. The summed E-state index contributed by atoms with van der Waals surface area (Å²) in [6.07, 6.45) is -1.09. The SMILES string of the molecule is CC[C@@H]1C[C@H](C(F)(F)F)n2nc([C@@H]3CCCN3C(=O)[C@H]3CCCO3)cc2N1. The number of alkyl halides is 3. The summed E-state index contributed by atoms with van der Waals surface area (Å²) in [5.74, 6) is 0.328. The van der Waals surface area contributed by atoms with Crippen LogP contribution in [-0.4, -0.2) is 52.1 Å². The molecule has 0 radical (unpaired) electrons. The second kappa shape index (κ2) is 7.00. The highest BCUT2D eigenvalue weighted by molar-refractivity contribution is 5.82. The molecule has 4 rings (SSSR count). The number of nitrogens with zero attached hydrogens (tertiary/aromatic N) is 3. The molecule has 6 nitrogen and oxygen atoms in total. The predicted molar refractivity (Wildman–Crippen MR) is 92.3 cm³/mol. The van der Waals surface area contributed by atoms with Gasteiger partial charge in [-0.15, -0.1) is 0 Å². The number of likely N-dealkylation sites (tertiary alicyclic amines) is 1. The lowest BCUT2D eigenvalue weighted by molar-refractivity contribution is -0.173. The first-order valence-corrected chi connectivity index (χ1v) is 9.73. The highest BCUT2D eigenvalue weighted by Gasteiger charge is 2.47. The van der Waals surface area contributed by atoms with Crippen molar-refractivity contribution < 1.29 is 22.7 Å². The van der Waals surface area contributed by atoms with Gasteiger partial charge in [-0.3, -0.25) is 4.79 Å². The molecule has 0 saturated carbocycles. The molecule has 2 fully saturated rings. The van der Waals surface area contributed by atoms with Gasteiger partial charge in [0.25, 0.3) is 5.91 Å². The maximum Gasteiger partial charge on any atom is 0.410 e. The van der Waals surface area contributed by atoms with Gasteiger partial charge >= 0.3 is 6.18 Å². The number of aromatic nitrogens is 2. The van der Waals surface area contributed by atoms with Crippen LogP contribution in [0.15, 0.2) is 6.07 Å². The fraction of sp³-hybridized carbons (Fsp3) is 0.778. The summed E-state index contributed by atoms with van der Waals surface area (Å²) in [5, 5.41) is 7.47. The zero-order chi connectivity index (χ0) is 19.2. The third-order valence-electron chi connectivity index (χ3n) is 5.86. The Labute approximate surface area is 156 Å². The molecule has 0 bridgehead atoms. The molecule has 4 atom stereocenters. The number of hydrogen-bond donors (Lipinski definition) is 1. The quantitative estimate of drug-likeness (QED) is 0.865. The fourth-order valence-corrected chi connectivity index (χ4v) is 4.40. The fourth-order valence-electron chi connectivity index (χ4n) is 4.40. The molecule has 27 heavy (non-hydrogen) atoms. The van der Waals surface area contributed by atoms with Gasteiger partial charge in [0, 0.05) is 25.3 Å². The molecule has 1 aromatic heterocycles. The largest absolute Gasteiger partial charge is 0.410 e. The molecule has 9 heteroatoms. The first-order chi connectivity index (χ1) is 12.9. The molecule has 0 spiro atoms. The first-order valence-electron chi connectivity index (χ1n) is 9.73. The van der Waals surface area contributed by atoms with Gasteiger partial charge in [0.15, 0.2) is 6.04 Å². The Morgan fingerprint density at radius 3 is 2.85 bits per heavy atom. The molecule has 2 saturated heterocycles. The van der Waals surface area contributed by atoms with Crippen LogP contribution in [0.5, 0.6) is 0 Å². The monoisotopic (exact) mass is 386 g/mol. The van der Waals surface area contributed by atoms with Gasteiger partial charge in [-0.1, -0.05) is 6.92 Å². The van der Waals surface area contributed by atoms with Crippen LogP contribution in [0.4, 0.5) is 19.0 Å². The number of carbonyl (C=O) groups excluding carboxylic acids is 1. The Balaban J connectivity index is 1.61. The van der Waals surface area contributed by atoms with Crippen molar-refractivity contribution >= 4 is 11.7 Å². The maximum absolute atomic E-state index is 13.6. The Morgan fingerprint density at radius 2 is 2.19 bits per heavy atom. The van der Waals surface area contributed by atoms with Crippen LogP contribution in [0.2, 0.25) is 0 Å². The van der Waals surface area contributed by atoms with Crippen LogP contribution in [0.3, 0.4) is 0 Å². The molecular formula is C18H25F3N4O2. The van der Waals surface area contributed by atoms with E-state index in [1.807, 2.05) is 6.92 Å². The lowest BCUT2D eigenvalue weighted by atomic mass is 10.0. The van der Waals surface area contributed by atoms with E-state index < -0.39 is 18.3 Å². The van der Waals surface area contributed by atoms with Crippen LogP contribution in [0.25, 0.3) is 0 Å². The summed E-state index contributed by atoms with van der Waals surface area (Å²) in [7, 11) is 0. The number of carbonyl (C=O) groups is 1. The van der Waals surface area contributed by atoms with E-state index in [4.69, 9.17) is 4.74 Å². The van der Waals surface area contributed by atoms with Gasteiger partial charge < -0.3 is 15.0 Å². The summed E-state index contributed by atoms with van der Waals surface area (Å²) >= 11 is 0. The van der Waals surface area contributed by atoms with Crippen molar-refractivity contribution in [3.63, 3.8) is 0 Å². The standard InChI is InChI=1S/C18H25F3N4O2/c1-2-11-9-15(18(19,20)21)25-16(22-11)10-12(23-25)13-5-3-7-24(13)17(26)14-6-4-8-27-14/h10-11,13-15,22H,2-9H2,1H3/t11-,13+,14-,15-/m1/s1. The average Bonchev–Trinajstić information content (AvgIpc) is 3.38. The van der Waals surface area contributed by atoms with E-state index >= 15 is 0 Å². The summed E-state index contributed by atoms with van der Waals surface area (Å²) in [6, 6.07) is -0.458. The second-order valence-electron chi connectivity index (χ2n) is 7.63. The number of fused-ring (bicyclic) bond motifs is 1. The van der Waals surface area contributed by atoms with E-state index in [1.54, 1.807) is 11.0 Å². The van der Waals surface area contributed by atoms with Crippen LogP contribution in [0.1, 0.15) is 63.2 Å². The molecule has 0 aromatic carbocycles. The van der Waals surface area contributed by atoms with Gasteiger partial charge in [0.1, 0.15) is 11.9 Å². The van der Waals surface area contributed by atoms with Crippen molar-refractivity contribution in [2.45, 2.75) is 75.9 Å². The van der Waals surface area contributed by atoms with Crippen molar-refractivity contribution in [2.24, 2.45) is 0 Å². The van der Waals surface area contributed by atoms with Crippen LogP contribution < -0.4 is 5.32 Å². The molecule has 150 valence electrons. The van der Waals surface area contributed by atoms with Gasteiger partial charge in [0.2, 0.25) is 0 Å². The number of amides is 1. The van der Waals surface area contributed by atoms with Crippen LogP contribution >= 0.6 is 0 Å². The summed E-state index contributed by atoms with van der Waals surface area (Å²) in [5.41, 5.74) is 0.535. The van der Waals surface area contributed by atoms with E-state index in [2.05, 4.69) is 10.4 Å². The zero-order valence-electron chi connectivity index (χ0n) is 15.3. The summed E-state index contributed by atoms with van der Waals surface area (Å²) in [6.45, 7) is 3.06. The summed E-state index contributed by atoms with van der Waals surface area (Å²) < 4.78 is 47.2. The number of rotatable bonds is 3. The molecule has 4 heterocycles. The third-order valence-corrected chi connectivity index (χ3v) is 5.86. The van der Waals surface area contributed by atoms with Gasteiger partial charge in [-0.25, -0.2) is 4.68 Å². The minimum atomic E-state index is -4.35. The molecule has 1 amide bonds. The highest BCUT2D eigenvalue weighted by Crippen LogP contribution is 2.42. The van der Waals surface area contributed by atoms with Crippen molar-refractivity contribution in [1.29, 1.82) is 0 Å². The van der Waals surface area contributed by atoms with Crippen molar-refractivity contribution in [2.75, 3.05) is 18.5 Å². The number of nitrogens with one attached hydrogen (secondary N) is 1. The van der Waals surface area contributed by atoms with Crippen molar-refractivity contribution in [3.8, 4) is 0 Å². The number of ether oxygens (including phenoxy) is 1. The minimum absolute atomic E-state index is 0.0304. The van der Waals surface area contributed by atoms with E-state index in [0.29, 0.717) is 43.9 Å². The Hall–Kier alpha value is -1.77. The number of anilines is 1. The average molecular weight is 386 g/mol. The molecule has 0 aliphatic carbocycles. The predicted octanol–water partition coefficient (Wildman–Crippen LogP) is 3.42. The van der Waals surface area contributed by atoms with Gasteiger partial charge in [-0.05, 0) is 38.5 Å². The number of hydrogen-bond acceptors (Lipinski definition) is 4. The maximum atomic E-state index is 13.6. The zero-order valence-corrected chi connectivity index (χ0v) is 15.3. The topological polar surface area (TPSA) is 59.4 Å². The lowest BCUT2D eigenvalue weighted by Crippen LogP contribution is -2.39. The highest BCUT2D eigenvalue weighted by atomic mass is 19.4. The third kappa shape index (κ3) is 3.41. The van der Waals surface area contributed by atoms with E-state index in [0.717, 1.165) is 17.5 Å². The Bertz CT molecular complexity index is 699. The lowest BCUT2D eigenvalue weighted by Gasteiger charge is -2.32. The molecule has 3 aliphatic rings. The number of halogens is 3. The van der Waals surface area contributed by atoms with E-state index in [9.17, 15) is 18.0 Å². The summed E-state index contributed by atoms with van der Waals surface area (Å²) in [4.78, 5) is 14.5. The Kier molecular flexibility index (Phi) is 4.82. The van der Waals surface area contributed by atoms with Crippen LogP contribution in [-0.2, 0) is 9.53 Å². The van der Waals surface area contributed by atoms with Gasteiger partial charge in [-0.2, -0.15) is 18.3 Å². The normalized spacial score (nSPS) is 31.0. The molecular weight excluding hydrogens is 361 g/mol.